The predicted molar refractivity (Wildman–Crippen MR) is 78.8 cm³/mol. The number of nitrogens with zero attached hydrogens (tertiary/aromatic N) is 1. The second kappa shape index (κ2) is 5.38. The molecule has 2 rings (SSSR count). The summed E-state index contributed by atoms with van der Waals surface area (Å²) >= 11 is 3.29. The Kier molecular flexibility index (Phi) is 4.18. The number of halogens is 2. The smallest absolute Gasteiger partial charge is 0.160 e. The van der Waals surface area contributed by atoms with Crippen LogP contribution in [0.5, 0.6) is 0 Å². The predicted octanol–water partition coefficient (Wildman–Crippen LogP) is 3.05. The van der Waals surface area contributed by atoms with Crippen molar-refractivity contribution in [1.29, 1.82) is 0 Å². The highest BCUT2D eigenvalue weighted by atomic mass is 79.9. The van der Waals surface area contributed by atoms with Crippen molar-refractivity contribution in [1.82, 2.24) is 0 Å². The van der Waals surface area contributed by atoms with Gasteiger partial charge >= 0.3 is 0 Å². The lowest BCUT2D eigenvalue weighted by Crippen LogP contribution is -2.52. The third-order valence-electron chi connectivity index (χ3n) is 3.27. The lowest BCUT2D eigenvalue weighted by atomic mass is 10.0. The lowest BCUT2D eigenvalue weighted by molar-refractivity contribution is -0.0751. The number of benzene rings is 1. The summed E-state index contributed by atoms with van der Waals surface area (Å²) in [4.78, 5) is 2.04. The summed E-state index contributed by atoms with van der Waals surface area (Å²) in [6.45, 7) is 7.74. The minimum Gasteiger partial charge on any atom is -0.369 e. The molecule has 1 heterocycles. The largest absolute Gasteiger partial charge is 0.369 e. The molecule has 19 heavy (non-hydrogen) atoms. The molecule has 0 aliphatic carbocycles. The van der Waals surface area contributed by atoms with Gasteiger partial charge in [0.2, 0.25) is 0 Å². The molecule has 1 unspecified atom stereocenters. The SMILES string of the molecule is CC1CN(c2ccc(CN)c(Br)c2F)CC(C)(C)O1. The van der Waals surface area contributed by atoms with E-state index in [0.29, 0.717) is 29.8 Å². The van der Waals surface area contributed by atoms with E-state index in [0.717, 1.165) is 5.56 Å². The van der Waals surface area contributed by atoms with Crippen LogP contribution < -0.4 is 10.6 Å². The zero-order chi connectivity index (χ0) is 14.2. The van der Waals surface area contributed by atoms with Crippen LogP contribution in [-0.4, -0.2) is 24.8 Å². The van der Waals surface area contributed by atoms with Crippen LogP contribution in [0.25, 0.3) is 0 Å². The van der Waals surface area contributed by atoms with Gasteiger partial charge in [-0.15, -0.1) is 0 Å². The monoisotopic (exact) mass is 330 g/mol. The van der Waals surface area contributed by atoms with E-state index in [1.165, 1.54) is 0 Å². The van der Waals surface area contributed by atoms with Gasteiger partial charge in [0, 0.05) is 19.6 Å². The minimum absolute atomic E-state index is 0.0797. The van der Waals surface area contributed by atoms with E-state index in [-0.39, 0.29) is 17.5 Å². The van der Waals surface area contributed by atoms with Gasteiger partial charge in [0.05, 0.1) is 21.9 Å². The molecule has 1 aromatic rings. The zero-order valence-corrected chi connectivity index (χ0v) is 13.1. The fourth-order valence-electron chi connectivity index (χ4n) is 2.62. The van der Waals surface area contributed by atoms with Crippen LogP contribution in [0.2, 0.25) is 0 Å². The summed E-state index contributed by atoms with van der Waals surface area (Å²) in [7, 11) is 0. The third-order valence-corrected chi connectivity index (χ3v) is 4.13. The maximum absolute atomic E-state index is 14.4. The first-order valence-corrected chi connectivity index (χ1v) is 7.23. The van der Waals surface area contributed by atoms with E-state index in [1.807, 2.05) is 31.7 Å². The molecule has 106 valence electrons. The molecule has 3 nitrogen and oxygen atoms in total. The van der Waals surface area contributed by atoms with Crippen LogP contribution in [0.1, 0.15) is 26.3 Å². The fraction of sp³-hybridized carbons (Fsp3) is 0.571. The first kappa shape index (κ1) is 14.8. The van der Waals surface area contributed by atoms with E-state index < -0.39 is 0 Å². The van der Waals surface area contributed by atoms with Gasteiger partial charge in [0.15, 0.2) is 5.82 Å². The molecule has 0 aromatic heterocycles. The Labute approximate surface area is 122 Å². The highest BCUT2D eigenvalue weighted by molar-refractivity contribution is 9.10. The molecule has 1 aromatic carbocycles. The first-order valence-electron chi connectivity index (χ1n) is 6.44. The lowest BCUT2D eigenvalue weighted by Gasteiger charge is -2.43. The van der Waals surface area contributed by atoms with Crippen LogP contribution in [0.3, 0.4) is 0 Å². The Morgan fingerprint density at radius 1 is 1.53 bits per heavy atom. The minimum atomic E-state index is -0.275. The average Bonchev–Trinajstić information content (AvgIpc) is 2.30. The normalized spacial score (nSPS) is 22.6. The van der Waals surface area contributed by atoms with Gasteiger partial charge in [-0.3, -0.25) is 0 Å². The van der Waals surface area contributed by atoms with Crippen molar-refractivity contribution in [2.24, 2.45) is 5.73 Å². The molecule has 0 radical (unpaired) electrons. The van der Waals surface area contributed by atoms with Gasteiger partial charge in [-0.1, -0.05) is 6.07 Å². The highest BCUT2D eigenvalue weighted by Crippen LogP contribution is 2.32. The van der Waals surface area contributed by atoms with Crippen molar-refractivity contribution in [3.05, 3.63) is 28.0 Å². The van der Waals surface area contributed by atoms with Gasteiger partial charge in [-0.25, -0.2) is 4.39 Å². The van der Waals surface area contributed by atoms with Gasteiger partial charge in [-0.2, -0.15) is 0 Å². The Bertz CT molecular complexity index is 479. The number of morpholine rings is 1. The Morgan fingerprint density at radius 2 is 2.21 bits per heavy atom. The summed E-state index contributed by atoms with van der Waals surface area (Å²) < 4.78 is 20.7. The topological polar surface area (TPSA) is 38.5 Å². The van der Waals surface area contributed by atoms with Crippen LogP contribution in [0.4, 0.5) is 10.1 Å². The zero-order valence-electron chi connectivity index (χ0n) is 11.5. The molecule has 2 N–H and O–H groups in total. The molecule has 1 aliphatic heterocycles. The van der Waals surface area contributed by atoms with E-state index >= 15 is 0 Å². The maximum Gasteiger partial charge on any atom is 0.160 e. The van der Waals surface area contributed by atoms with E-state index in [1.54, 1.807) is 6.07 Å². The summed E-state index contributed by atoms with van der Waals surface area (Å²) in [6.07, 6.45) is 0.0797. The van der Waals surface area contributed by atoms with Crippen molar-refractivity contribution < 1.29 is 9.13 Å². The van der Waals surface area contributed by atoms with E-state index in [9.17, 15) is 4.39 Å². The molecular formula is C14H20BrFN2O. The average molecular weight is 331 g/mol. The molecule has 0 saturated carbocycles. The van der Waals surface area contributed by atoms with Crippen molar-refractivity contribution in [3.8, 4) is 0 Å². The van der Waals surface area contributed by atoms with Crippen LogP contribution in [0, 0.1) is 5.82 Å². The van der Waals surface area contributed by atoms with Crippen LogP contribution >= 0.6 is 15.9 Å². The number of anilines is 1. The summed E-state index contributed by atoms with van der Waals surface area (Å²) in [5.74, 6) is -0.243. The second-order valence-electron chi connectivity index (χ2n) is 5.64. The van der Waals surface area contributed by atoms with Gasteiger partial charge in [0.25, 0.3) is 0 Å². The van der Waals surface area contributed by atoms with Crippen molar-refractivity contribution in [3.63, 3.8) is 0 Å². The quantitative estimate of drug-likeness (QED) is 0.905. The summed E-state index contributed by atoms with van der Waals surface area (Å²) in [5.41, 5.74) is 6.69. The molecule has 1 atom stereocenters. The molecule has 5 heteroatoms. The fourth-order valence-corrected chi connectivity index (χ4v) is 3.12. The van der Waals surface area contributed by atoms with E-state index in [4.69, 9.17) is 10.5 Å². The number of hydrogen-bond acceptors (Lipinski definition) is 3. The Balaban J connectivity index is 2.34. The second-order valence-corrected chi connectivity index (χ2v) is 6.44. The number of nitrogens with two attached hydrogens (primary N) is 1. The van der Waals surface area contributed by atoms with Gasteiger partial charge in [-0.05, 0) is 48.3 Å². The van der Waals surface area contributed by atoms with E-state index in [2.05, 4.69) is 15.9 Å². The van der Waals surface area contributed by atoms with Gasteiger partial charge < -0.3 is 15.4 Å². The number of hydrogen-bond donors (Lipinski definition) is 1. The molecular weight excluding hydrogens is 311 g/mol. The Morgan fingerprint density at radius 3 is 2.79 bits per heavy atom. The standard InChI is InChI=1S/C14H20BrFN2O/c1-9-7-18(8-14(2,3)19-9)11-5-4-10(6-17)12(15)13(11)16/h4-5,9H,6-8,17H2,1-3H3. The third kappa shape index (κ3) is 3.09. The van der Waals surface area contributed by atoms with Crippen LogP contribution in [-0.2, 0) is 11.3 Å². The summed E-state index contributed by atoms with van der Waals surface area (Å²) in [5, 5.41) is 0. The molecule has 1 aliphatic rings. The molecule has 0 spiro atoms. The van der Waals surface area contributed by atoms with Crippen molar-refractivity contribution in [2.45, 2.75) is 39.0 Å². The van der Waals surface area contributed by atoms with Crippen molar-refractivity contribution >= 4 is 21.6 Å². The highest BCUT2D eigenvalue weighted by Gasteiger charge is 2.32. The molecule has 1 saturated heterocycles. The summed E-state index contributed by atoms with van der Waals surface area (Å²) in [6, 6.07) is 3.67. The number of rotatable bonds is 2. The molecule has 0 amide bonds. The van der Waals surface area contributed by atoms with Crippen LogP contribution in [0.15, 0.2) is 16.6 Å². The first-order chi connectivity index (χ1) is 8.84. The van der Waals surface area contributed by atoms with Gasteiger partial charge in [0.1, 0.15) is 0 Å². The number of ether oxygens (including phenoxy) is 1. The molecule has 1 fully saturated rings. The Hall–Kier alpha value is -0.650. The maximum atomic E-state index is 14.4. The molecule has 0 bridgehead atoms. The van der Waals surface area contributed by atoms with Crippen molar-refractivity contribution in [2.75, 3.05) is 18.0 Å².